The molecule has 1 aromatic carbocycles. The van der Waals surface area contributed by atoms with E-state index in [0.29, 0.717) is 26.2 Å². The summed E-state index contributed by atoms with van der Waals surface area (Å²) in [7, 11) is 1.60. The summed E-state index contributed by atoms with van der Waals surface area (Å²) in [5.74, 6) is -0.0496. The highest BCUT2D eigenvalue weighted by Gasteiger charge is 2.20. The van der Waals surface area contributed by atoms with Crippen LogP contribution in [0.4, 0.5) is 0 Å². The van der Waals surface area contributed by atoms with Crippen LogP contribution in [0.5, 0.6) is 0 Å². The normalized spacial score (nSPS) is 12.4. The van der Waals surface area contributed by atoms with Crippen LogP contribution in [0.15, 0.2) is 30.3 Å². The van der Waals surface area contributed by atoms with Gasteiger partial charge in [0.1, 0.15) is 0 Å². The summed E-state index contributed by atoms with van der Waals surface area (Å²) in [6, 6.07) is 9.63. The van der Waals surface area contributed by atoms with Crippen LogP contribution in [0.25, 0.3) is 0 Å². The van der Waals surface area contributed by atoms with Gasteiger partial charge in [0.2, 0.25) is 5.91 Å². The standard InChI is InChI=1S/C15H24N2O3/c1-13(15(19)16-8-11-20-2)17(9-10-18)12-14-6-4-3-5-7-14/h3-7,13,18H,8-12H2,1-2H3,(H,16,19). The Bertz CT molecular complexity index is 384. The summed E-state index contributed by atoms with van der Waals surface area (Å²) < 4.78 is 4.91. The smallest absolute Gasteiger partial charge is 0.237 e. The third-order valence-electron chi connectivity index (χ3n) is 3.15. The number of nitrogens with one attached hydrogen (secondary N) is 1. The minimum Gasteiger partial charge on any atom is -0.395 e. The van der Waals surface area contributed by atoms with E-state index in [0.717, 1.165) is 5.56 Å². The number of aliphatic hydroxyl groups excluding tert-OH is 1. The second kappa shape index (κ2) is 9.47. The van der Waals surface area contributed by atoms with Gasteiger partial charge in [-0.1, -0.05) is 30.3 Å². The highest BCUT2D eigenvalue weighted by Crippen LogP contribution is 2.08. The Labute approximate surface area is 120 Å². The van der Waals surface area contributed by atoms with Crippen molar-refractivity contribution < 1.29 is 14.6 Å². The number of ether oxygens (including phenoxy) is 1. The first kappa shape index (κ1) is 16.6. The minimum atomic E-state index is -0.292. The van der Waals surface area contributed by atoms with Gasteiger partial charge >= 0.3 is 0 Å². The van der Waals surface area contributed by atoms with Crippen molar-refractivity contribution in [2.75, 3.05) is 33.4 Å². The number of carbonyl (C=O) groups is 1. The number of aliphatic hydroxyl groups is 1. The number of methoxy groups -OCH3 is 1. The van der Waals surface area contributed by atoms with Gasteiger partial charge in [-0.05, 0) is 12.5 Å². The molecule has 0 radical (unpaired) electrons. The Kier molecular flexibility index (Phi) is 7.87. The van der Waals surface area contributed by atoms with Crippen LogP contribution in [-0.2, 0) is 16.1 Å². The molecule has 1 atom stereocenters. The number of nitrogens with zero attached hydrogens (tertiary/aromatic N) is 1. The molecule has 0 saturated carbocycles. The predicted octanol–water partition coefficient (Wildman–Crippen LogP) is 0.632. The van der Waals surface area contributed by atoms with Gasteiger partial charge in [-0.3, -0.25) is 9.69 Å². The van der Waals surface area contributed by atoms with Crippen LogP contribution in [0.2, 0.25) is 0 Å². The molecule has 0 saturated heterocycles. The summed E-state index contributed by atoms with van der Waals surface area (Å²) >= 11 is 0. The van der Waals surface area contributed by atoms with E-state index in [1.54, 1.807) is 7.11 Å². The van der Waals surface area contributed by atoms with Crippen LogP contribution in [0, 0.1) is 0 Å². The van der Waals surface area contributed by atoms with Crippen molar-refractivity contribution in [2.45, 2.75) is 19.5 Å². The number of benzene rings is 1. The molecule has 0 spiro atoms. The highest BCUT2D eigenvalue weighted by atomic mass is 16.5. The number of hydrogen-bond donors (Lipinski definition) is 2. The van der Waals surface area contributed by atoms with Crippen molar-refractivity contribution in [1.82, 2.24) is 10.2 Å². The maximum atomic E-state index is 12.0. The van der Waals surface area contributed by atoms with Crippen LogP contribution in [-0.4, -0.2) is 55.4 Å². The molecule has 2 N–H and O–H groups in total. The van der Waals surface area contributed by atoms with E-state index in [2.05, 4.69) is 5.32 Å². The van der Waals surface area contributed by atoms with Crippen LogP contribution >= 0.6 is 0 Å². The van der Waals surface area contributed by atoms with Crippen molar-refractivity contribution in [3.8, 4) is 0 Å². The molecule has 112 valence electrons. The maximum Gasteiger partial charge on any atom is 0.237 e. The van der Waals surface area contributed by atoms with Gasteiger partial charge in [-0.25, -0.2) is 0 Å². The van der Waals surface area contributed by atoms with E-state index >= 15 is 0 Å². The first-order chi connectivity index (χ1) is 9.69. The second-order valence-electron chi connectivity index (χ2n) is 4.64. The van der Waals surface area contributed by atoms with E-state index in [-0.39, 0.29) is 18.6 Å². The Morgan fingerprint density at radius 2 is 2.10 bits per heavy atom. The fourth-order valence-corrected chi connectivity index (χ4v) is 1.95. The summed E-state index contributed by atoms with van der Waals surface area (Å²) in [6.07, 6.45) is 0. The molecule has 0 heterocycles. The van der Waals surface area contributed by atoms with E-state index in [1.165, 1.54) is 0 Å². The fraction of sp³-hybridized carbons (Fsp3) is 0.533. The molecule has 1 unspecified atom stereocenters. The van der Waals surface area contributed by atoms with Crippen molar-refractivity contribution >= 4 is 5.91 Å². The third kappa shape index (κ3) is 5.69. The monoisotopic (exact) mass is 280 g/mol. The van der Waals surface area contributed by atoms with Gasteiger partial charge in [0, 0.05) is 26.7 Å². The quantitative estimate of drug-likeness (QED) is 0.651. The number of hydrogen-bond acceptors (Lipinski definition) is 4. The van der Waals surface area contributed by atoms with Gasteiger partial charge in [-0.2, -0.15) is 0 Å². The van der Waals surface area contributed by atoms with Crippen molar-refractivity contribution in [2.24, 2.45) is 0 Å². The van der Waals surface area contributed by atoms with Gasteiger partial charge in [0.25, 0.3) is 0 Å². The lowest BCUT2D eigenvalue weighted by Gasteiger charge is -2.27. The van der Waals surface area contributed by atoms with Gasteiger partial charge in [0.05, 0.1) is 19.3 Å². The van der Waals surface area contributed by atoms with Crippen LogP contribution < -0.4 is 5.32 Å². The maximum absolute atomic E-state index is 12.0. The van der Waals surface area contributed by atoms with Crippen LogP contribution in [0.1, 0.15) is 12.5 Å². The van der Waals surface area contributed by atoms with E-state index < -0.39 is 0 Å². The Morgan fingerprint density at radius 3 is 2.70 bits per heavy atom. The summed E-state index contributed by atoms with van der Waals surface area (Å²) in [5.41, 5.74) is 1.12. The summed E-state index contributed by atoms with van der Waals surface area (Å²) in [4.78, 5) is 14.0. The number of amides is 1. The third-order valence-corrected chi connectivity index (χ3v) is 3.15. The Hall–Kier alpha value is -1.43. The molecule has 20 heavy (non-hydrogen) atoms. The molecule has 1 amide bonds. The average molecular weight is 280 g/mol. The molecule has 1 rings (SSSR count). The van der Waals surface area contributed by atoms with Gasteiger partial charge in [0.15, 0.2) is 0 Å². The largest absolute Gasteiger partial charge is 0.395 e. The molecule has 5 nitrogen and oxygen atoms in total. The lowest BCUT2D eigenvalue weighted by atomic mass is 10.1. The van der Waals surface area contributed by atoms with Crippen molar-refractivity contribution in [3.63, 3.8) is 0 Å². The first-order valence-corrected chi connectivity index (χ1v) is 6.84. The SMILES string of the molecule is COCCNC(=O)C(C)N(CCO)Cc1ccccc1. The minimum absolute atomic E-state index is 0.0303. The lowest BCUT2D eigenvalue weighted by Crippen LogP contribution is -2.46. The van der Waals surface area contributed by atoms with Gasteiger partial charge in [-0.15, -0.1) is 0 Å². The lowest BCUT2D eigenvalue weighted by molar-refractivity contribution is -0.126. The molecule has 5 heteroatoms. The van der Waals surface area contributed by atoms with E-state index in [9.17, 15) is 4.79 Å². The topological polar surface area (TPSA) is 61.8 Å². The van der Waals surface area contributed by atoms with Gasteiger partial charge < -0.3 is 15.2 Å². The van der Waals surface area contributed by atoms with Crippen LogP contribution in [0.3, 0.4) is 0 Å². The Balaban J connectivity index is 2.57. The Morgan fingerprint density at radius 1 is 1.40 bits per heavy atom. The first-order valence-electron chi connectivity index (χ1n) is 6.84. The molecule has 0 fully saturated rings. The molecule has 0 aliphatic rings. The molecule has 1 aromatic rings. The molecule has 0 bridgehead atoms. The van der Waals surface area contributed by atoms with E-state index in [4.69, 9.17) is 9.84 Å². The summed E-state index contributed by atoms with van der Waals surface area (Å²) in [6.45, 7) is 3.98. The fourth-order valence-electron chi connectivity index (χ4n) is 1.95. The zero-order valence-electron chi connectivity index (χ0n) is 12.2. The number of rotatable bonds is 9. The molecule has 0 aliphatic carbocycles. The summed E-state index contributed by atoms with van der Waals surface area (Å²) in [5, 5.41) is 12.0. The molecular weight excluding hydrogens is 256 g/mol. The molecule has 0 aliphatic heterocycles. The zero-order chi connectivity index (χ0) is 14.8. The zero-order valence-corrected chi connectivity index (χ0v) is 12.2. The van der Waals surface area contributed by atoms with Crippen molar-refractivity contribution in [3.05, 3.63) is 35.9 Å². The second-order valence-corrected chi connectivity index (χ2v) is 4.64. The van der Waals surface area contributed by atoms with E-state index in [1.807, 2.05) is 42.2 Å². The average Bonchev–Trinajstić information content (AvgIpc) is 2.47. The molecular formula is C15H24N2O3. The predicted molar refractivity (Wildman–Crippen MR) is 78.3 cm³/mol. The highest BCUT2D eigenvalue weighted by molar-refractivity contribution is 5.81. The molecule has 0 aromatic heterocycles. The van der Waals surface area contributed by atoms with Crippen molar-refractivity contribution in [1.29, 1.82) is 0 Å². The number of carbonyl (C=O) groups excluding carboxylic acids is 1.